The van der Waals surface area contributed by atoms with Crippen LogP contribution in [0.4, 0.5) is 0 Å². The van der Waals surface area contributed by atoms with Crippen molar-refractivity contribution in [2.24, 2.45) is 0 Å². The topological polar surface area (TPSA) is 76.7 Å². The molecule has 0 aromatic heterocycles. The van der Waals surface area contributed by atoms with Gasteiger partial charge in [0.1, 0.15) is 11.5 Å². The lowest BCUT2D eigenvalue weighted by Gasteiger charge is -2.08. The second-order valence-corrected chi connectivity index (χ2v) is 8.16. The number of unbranched alkanes of at least 4 members (excludes halogenated alkanes) is 4. The van der Waals surface area contributed by atoms with Crippen molar-refractivity contribution in [3.05, 3.63) is 58.7 Å². The zero-order valence-corrected chi connectivity index (χ0v) is 20.0. The Morgan fingerprint density at radius 1 is 0.636 bits per heavy atom. The largest absolute Gasteiger partial charge is 0.496 e. The van der Waals surface area contributed by atoms with E-state index in [2.05, 4.69) is 10.6 Å². The van der Waals surface area contributed by atoms with Crippen LogP contribution in [0.5, 0.6) is 11.5 Å². The molecule has 0 saturated carbocycles. The van der Waals surface area contributed by atoms with E-state index in [1.54, 1.807) is 14.2 Å². The molecule has 180 valence electrons. The lowest BCUT2D eigenvalue weighted by atomic mass is 10.1. The number of ether oxygens (including phenoxy) is 2. The van der Waals surface area contributed by atoms with Crippen LogP contribution in [0.2, 0.25) is 0 Å². The molecule has 0 aliphatic carbocycles. The average molecular weight is 455 g/mol. The molecule has 0 heterocycles. The molecule has 0 aliphatic rings. The van der Waals surface area contributed by atoms with Crippen LogP contribution in [0.3, 0.4) is 0 Å². The SMILES string of the molecule is COc1ccc(CCNCCCCCCCNCCc2ccc(OC)c(C=O)c2)cc1C=O. The molecule has 6 heteroatoms. The number of aldehydes is 2. The molecule has 0 amide bonds. The van der Waals surface area contributed by atoms with Gasteiger partial charge in [0.05, 0.1) is 25.3 Å². The van der Waals surface area contributed by atoms with E-state index in [0.29, 0.717) is 22.6 Å². The van der Waals surface area contributed by atoms with Crippen molar-refractivity contribution in [2.75, 3.05) is 40.4 Å². The molecule has 0 spiro atoms. The van der Waals surface area contributed by atoms with Gasteiger partial charge in [-0.05, 0) is 87.3 Å². The van der Waals surface area contributed by atoms with Gasteiger partial charge in [0.2, 0.25) is 0 Å². The number of rotatable bonds is 18. The molecule has 33 heavy (non-hydrogen) atoms. The number of benzene rings is 2. The first kappa shape index (κ1) is 26.6. The first-order valence-electron chi connectivity index (χ1n) is 11.9. The summed E-state index contributed by atoms with van der Waals surface area (Å²) in [7, 11) is 3.16. The van der Waals surface area contributed by atoms with Gasteiger partial charge in [-0.1, -0.05) is 31.4 Å². The van der Waals surface area contributed by atoms with Crippen LogP contribution in [-0.2, 0) is 12.8 Å². The van der Waals surface area contributed by atoms with Crippen molar-refractivity contribution < 1.29 is 19.1 Å². The van der Waals surface area contributed by atoms with Gasteiger partial charge in [0.25, 0.3) is 0 Å². The Balaban J connectivity index is 1.43. The van der Waals surface area contributed by atoms with Crippen LogP contribution in [0, 0.1) is 0 Å². The standard InChI is InChI=1S/C27H38N2O4/c1-32-26-10-8-22(18-24(26)20-30)12-16-28-14-6-4-3-5-7-15-29-17-13-23-9-11-27(33-2)25(19-23)21-31/h8-11,18-21,28-29H,3-7,12-17H2,1-2H3. The van der Waals surface area contributed by atoms with Crippen molar-refractivity contribution >= 4 is 12.6 Å². The normalized spacial score (nSPS) is 10.7. The number of methoxy groups -OCH3 is 2. The Bertz CT molecular complexity index is 785. The highest BCUT2D eigenvalue weighted by Gasteiger charge is 2.04. The highest BCUT2D eigenvalue weighted by molar-refractivity contribution is 5.80. The van der Waals surface area contributed by atoms with E-state index < -0.39 is 0 Å². The van der Waals surface area contributed by atoms with E-state index in [-0.39, 0.29) is 0 Å². The predicted molar refractivity (Wildman–Crippen MR) is 133 cm³/mol. The Morgan fingerprint density at radius 3 is 1.45 bits per heavy atom. The van der Waals surface area contributed by atoms with Gasteiger partial charge < -0.3 is 20.1 Å². The molecule has 6 nitrogen and oxygen atoms in total. The first-order chi connectivity index (χ1) is 16.2. The third-order valence-electron chi connectivity index (χ3n) is 5.73. The first-order valence-corrected chi connectivity index (χ1v) is 11.9. The molecule has 0 fully saturated rings. The summed E-state index contributed by atoms with van der Waals surface area (Å²) < 4.78 is 10.4. The van der Waals surface area contributed by atoms with E-state index in [4.69, 9.17) is 9.47 Å². The number of hydrogen-bond donors (Lipinski definition) is 2. The highest BCUT2D eigenvalue weighted by Crippen LogP contribution is 2.19. The summed E-state index contributed by atoms with van der Waals surface area (Å²) in [5, 5.41) is 6.98. The molecule has 0 atom stereocenters. The molecular formula is C27H38N2O4. The minimum absolute atomic E-state index is 0.609. The molecule has 0 radical (unpaired) electrons. The van der Waals surface area contributed by atoms with Gasteiger partial charge in [0, 0.05) is 0 Å². The summed E-state index contributed by atoms with van der Waals surface area (Å²) in [4.78, 5) is 22.2. The fourth-order valence-corrected chi connectivity index (χ4v) is 3.81. The van der Waals surface area contributed by atoms with Gasteiger partial charge in [-0.3, -0.25) is 9.59 Å². The monoisotopic (exact) mass is 454 g/mol. The van der Waals surface area contributed by atoms with Crippen molar-refractivity contribution in [1.82, 2.24) is 10.6 Å². The third kappa shape index (κ3) is 9.76. The van der Waals surface area contributed by atoms with E-state index in [1.165, 1.54) is 32.1 Å². The van der Waals surface area contributed by atoms with Crippen molar-refractivity contribution in [1.29, 1.82) is 0 Å². The van der Waals surface area contributed by atoms with Crippen molar-refractivity contribution in [2.45, 2.75) is 44.9 Å². The summed E-state index contributed by atoms with van der Waals surface area (Å²) in [6.07, 6.45) is 9.61. The number of nitrogens with one attached hydrogen (secondary N) is 2. The van der Waals surface area contributed by atoms with Crippen LogP contribution in [0.1, 0.15) is 63.9 Å². The Kier molecular flexibility index (Phi) is 12.9. The zero-order valence-electron chi connectivity index (χ0n) is 20.0. The van der Waals surface area contributed by atoms with Gasteiger partial charge >= 0.3 is 0 Å². The van der Waals surface area contributed by atoms with E-state index in [1.807, 2.05) is 36.4 Å². The third-order valence-corrected chi connectivity index (χ3v) is 5.73. The van der Waals surface area contributed by atoms with Crippen LogP contribution in [0.15, 0.2) is 36.4 Å². The van der Waals surface area contributed by atoms with Crippen LogP contribution in [-0.4, -0.2) is 53.0 Å². The summed E-state index contributed by atoms with van der Waals surface area (Å²) in [6.45, 7) is 3.88. The zero-order chi connectivity index (χ0) is 23.7. The summed E-state index contributed by atoms with van der Waals surface area (Å²) in [5.74, 6) is 1.25. The molecule has 0 unspecified atom stereocenters. The molecule has 0 saturated heterocycles. The number of carbonyl (C=O) groups is 2. The molecule has 2 N–H and O–H groups in total. The fourth-order valence-electron chi connectivity index (χ4n) is 3.81. The Morgan fingerprint density at radius 2 is 1.06 bits per heavy atom. The molecule has 0 bridgehead atoms. The number of hydrogen-bond acceptors (Lipinski definition) is 6. The maximum absolute atomic E-state index is 11.1. The van der Waals surface area contributed by atoms with Crippen molar-refractivity contribution in [3.63, 3.8) is 0 Å². The second kappa shape index (κ2) is 16.0. The van der Waals surface area contributed by atoms with Gasteiger partial charge in [-0.25, -0.2) is 0 Å². The minimum atomic E-state index is 0.609. The molecule has 2 rings (SSSR count). The quantitative estimate of drug-likeness (QED) is 0.259. The van der Waals surface area contributed by atoms with E-state index in [9.17, 15) is 9.59 Å². The van der Waals surface area contributed by atoms with Gasteiger partial charge in [0.15, 0.2) is 12.6 Å². The number of carbonyl (C=O) groups excluding carboxylic acids is 2. The van der Waals surface area contributed by atoms with Crippen LogP contribution < -0.4 is 20.1 Å². The van der Waals surface area contributed by atoms with Crippen molar-refractivity contribution in [3.8, 4) is 11.5 Å². The molecule has 2 aromatic rings. The summed E-state index contributed by atoms with van der Waals surface area (Å²) in [6, 6.07) is 11.6. The molecule has 0 aliphatic heterocycles. The Hall–Kier alpha value is -2.70. The predicted octanol–water partition coefficient (Wildman–Crippen LogP) is 4.24. The molecular weight excluding hydrogens is 416 g/mol. The maximum atomic E-state index is 11.1. The maximum Gasteiger partial charge on any atom is 0.153 e. The summed E-state index contributed by atoms with van der Waals surface area (Å²) in [5.41, 5.74) is 3.51. The van der Waals surface area contributed by atoms with Gasteiger partial charge in [-0.15, -0.1) is 0 Å². The average Bonchev–Trinajstić information content (AvgIpc) is 2.86. The van der Waals surface area contributed by atoms with Crippen LogP contribution >= 0.6 is 0 Å². The minimum Gasteiger partial charge on any atom is -0.496 e. The van der Waals surface area contributed by atoms with Gasteiger partial charge in [-0.2, -0.15) is 0 Å². The Labute approximate surface area is 198 Å². The van der Waals surface area contributed by atoms with E-state index >= 15 is 0 Å². The lowest BCUT2D eigenvalue weighted by Crippen LogP contribution is -2.19. The second-order valence-electron chi connectivity index (χ2n) is 8.16. The van der Waals surface area contributed by atoms with Crippen LogP contribution in [0.25, 0.3) is 0 Å². The lowest BCUT2D eigenvalue weighted by molar-refractivity contribution is 0.111. The smallest absolute Gasteiger partial charge is 0.153 e. The fraction of sp³-hybridized carbons (Fsp3) is 0.481. The molecule has 2 aromatic carbocycles. The van der Waals surface area contributed by atoms with E-state index in [0.717, 1.165) is 62.7 Å². The summed E-state index contributed by atoms with van der Waals surface area (Å²) >= 11 is 0. The highest BCUT2D eigenvalue weighted by atomic mass is 16.5.